The van der Waals surface area contributed by atoms with Gasteiger partial charge in [0.15, 0.2) is 0 Å². The van der Waals surface area contributed by atoms with Gasteiger partial charge in [0, 0.05) is 48.7 Å². The largest absolute Gasteiger partial charge is 0.507 e. The molecular formula is C26H32N6O6. The van der Waals surface area contributed by atoms with Crippen LogP contribution < -0.4 is 9.80 Å². The van der Waals surface area contributed by atoms with Gasteiger partial charge in [-0.2, -0.15) is 0 Å². The first-order valence-electron chi connectivity index (χ1n) is 12.7. The van der Waals surface area contributed by atoms with Crippen molar-refractivity contribution in [2.45, 2.75) is 38.3 Å². The summed E-state index contributed by atoms with van der Waals surface area (Å²) in [6.45, 7) is 8.71. The lowest BCUT2D eigenvalue weighted by atomic mass is 9.99. The average molecular weight is 525 g/mol. The molecule has 4 fully saturated rings. The lowest BCUT2D eigenvalue weighted by Crippen LogP contribution is -2.84. The van der Waals surface area contributed by atoms with Gasteiger partial charge in [-0.05, 0) is 38.1 Å². The first kappa shape index (κ1) is 24.7. The predicted molar refractivity (Wildman–Crippen MR) is 138 cm³/mol. The Balaban J connectivity index is 1.26. The smallest absolute Gasteiger partial charge is 0.339 e. The minimum Gasteiger partial charge on any atom is -0.507 e. The van der Waals surface area contributed by atoms with E-state index in [1.807, 2.05) is 0 Å². The molecule has 202 valence electrons. The monoisotopic (exact) mass is 524 g/mol. The first-order valence-corrected chi connectivity index (χ1v) is 12.7. The first-order chi connectivity index (χ1) is 18.1. The number of hydrogen-bond donors (Lipinski definition) is 4. The van der Waals surface area contributed by atoms with Gasteiger partial charge in [-0.25, -0.2) is 9.59 Å². The van der Waals surface area contributed by atoms with E-state index >= 15 is 0 Å². The van der Waals surface area contributed by atoms with Crippen molar-refractivity contribution >= 4 is 23.3 Å². The van der Waals surface area contributed by atoms with Crippen molar-refractivity contribution in [2.24, 2.45) is 0 Å². The van der Waals surface area contributed by atoms with Crippen molar-refractivity contribution in [3.63, 3.8) is 0 Å². The summed E-state index contributed by atoms with van der Waals surface area (Å²) in [4.78, 5) is 36.9. The molecule has 6 rings (SSSR count). The lowest BCUT2D eigenvalue weighted by molar-refractivity contribution is -0.207. The molecule has 38 heavy (non-hydrogen) atoms. The summed E-state index contributed by atoms with van der Waals surface area (Å²) in [7, 11) is 0. The van der Waals surface area contributed by atoms with Crippen LogP contribution in [0.25, 0.3) is 0 Å². The normalized spacial score (nSPS) is 28.3. The molecule has 0 amide bonds. The van der Waals surface area contributed by atoms with Crippen LogP contribution in [0.1, 0.15) is 34.6 Å². The standard InChI is InChI=1S/C26H32N6O6/c1-15-9-27-11-30(18-4-6-20(26(37)38)22(34)8-18)14-32-16(2)10-28-12-29(13-31(15)23(28)24(27)32)17-3-5-19(25(35)36)21(33)7-17/h3-8,15-16,23-24,33-34H,9-14H2,1-2H3,(H,35,36)(H,37,38)/t15-,16+,23?,24?. The van der Waals surface area contributed by atoms with Crippen molar-refractivity contribution in [1.82, 2.24) is 19.6 Å². The fraction of sp³-hybridized carbons (Fsp3) is 0.462. The maximum atomic E-state index is 11.3. The Labute approximate surface area is 220 Å². The third-order valence-corrected chi connectivity index (χ3v) is 8.35. The highest BCUT2D eigenvalue weighted by molar-refractivity contribution is 5.92. The lowest BCUT2D eigenvalue weighted by Gasteiger charge is -2.67. The number of hydrogen-bond acceptors (Lipinski definition) is 10. The van der Waals surface area contributed by atoms with Crippen molar-refractivity contribution in [1.29, 1.82) is 0 Å². The number of phenols is 2. The number of anilines is 2. The highest BCUT2D eigenvalue weighted by Crippen LogP contribution is 2.39. The Hall–Kier alpha value is -3.58. The number of nitrogens with zero attached hydrogens (tertiary/aromatic N) is 6. The summed E-state index contributed by atoms with van der Waals surface area (Å²) in [5.41, 5.74) is 1.36. The second kappa shape index (κ2) is 9.02. The molecule has 0 radical (unpaired) electrons. The number of aromatic hydroxyl groups is 2. The van der Waals surface area contributed by atoms with Gasteiger partial charge in [0.25, 0.3) is 0 Å². The zero-order valence-corrected chi connectivity index (χ0v) is 21.3. The van der Waals surface area contributed by atoms with Crippen LogP contribution >= 0.6 is 0 Å². The van der Waals surface area contributed by atoms with Crippen molar-refractivity contribution in [3.05, 3.63) is 47.5 Å². The van der Waals surface area contributed by atoms with Gasteiger partial charge in [0.2, 0.25) is 0 Å². The molecule has 0 aliphatic carbocycles. The Morgan fingerprint density at radius 1 is 0.684 bits per heavy atom. The molecule has 2 aromatic carbocycles. The molecule has 4 aliphatic heterocycles. The molecule has 4 saturated heterocycles. The van der Waals surface area contributed by atoms with Gasteiger partial charge in [0.05, 0.1) is 39.0 Å². The van der Waals surface area contributed by atoms with E-state index in [1.54, 1.807) is 12.1 Å². The van der Waals surface area contributed by atoms with Crippen LogP contribution in [0.5, 0.6) is 11.5 Å². The molecular weight excluding hydrogens is 492 g/mol. The third kappa shape index (κ3) is 3.91. The van der Waals surface area contributed by atoms with E-state index in [0.717, 1.165) is 24.5 Å². The molecule has 2 unspecified atom stereocenters. The summed E-state index contributed by atoms with van der Waals surface area (Å²) in [6.07, 6.45) is 0.339. The maximum Gasteiger partial charge on any atom is 0.339 e. The predicted octanol–water partition coefficient (Wildman–Crippen LogP) is 1.33. The van der Waals surface area contributed by atoms with E-state index in [1.165, 1.54) is 24.3 Å². The average Bonchev–Trinajstić information content (AvgIpc) is 2.87. The topological polar surface area (TPSA) is 134 Å². The zero-order chi connectivity index (χ0) is 26.9. The minimum atomic E-state index is -1.15. The molecule has 0 saturated carbocycles. The van der Waals surface area contributed by atoms with Crippen molar-refractivity contribution in [2.75, 3.05) is 49.6 Å². The van der Waals surface area contributed by atoms with E-state index in [2.05, 4.69) is 43.2 Å². The van der Waals surface area contributed by atoms with E-state index in [9.17, 15) is 30.0 Å². The minimum absolute atomic E-state index is 0.106. The van der Waals surface area contributed by atoms with Crippen LogP contribution in [0, 0.1) is 0 Å². The van der Waals surface area contributed by atoms with E-state index in [4.69, 9.17) is 0 Å². The van der Waals surface area contributed by atoms with Crippen molar-refractivity contribution in [3.8, 4) is 11.5 Å². The number of carbonyl (C=O) groups is 2. The molecule has 0 spiro atoms. The summed E-state index contributed by atoms with van der Waals surface area (Å²) in [5.74, 6) is -2.77. The molecule has 4 N–H and O–H groups in total. The number of benzene rings is 2. The van der Waals surface area contributed by atoms with Crippen LogP contribution in [0.4, 0.5) is 11.4 Å². The zero-order valence-electron chi connectivity index (χ0n) is 21.3. The van der Waals surface area contributed by atoms with E-state index < -0.39 is 11.9 Å². The number of piperazine rings is 2. The third-order valence-electron chi connectivity index (χ3n) is 8.35. The Morgan fingerprint density at radius 2 is 1.08 bits per heavy atom. The SMILES string of the molecule is C[C@@H]1CN2CN(c3ccc(C(=O)O)c(O)c3)CN3C2C2N(C[C@@H]3C)CN(c3ccc(C(=O)O)c(O)c3)CN21. The summed E-state index contributed by atoms with van der Waals surface area (Å²) in [5, 5.41) is 39.1. The fourth-order valence-electron chi connectivity index (χ4n) is 6.54. The van der Waals surface area contributed by atoms with Crippen LogP contribution in [0.3, 0.4) is 0 Å². The number of rotatable bonds is 4. The van der Waals surface area contributed by atoms with Gasteiger partial charge in [-0.3, -0.25) is 19.6 Å². The Bertz CT molecular complexity index is 1190. The van der Waals surface area contributed by atoms with Crippen molar-refractivity contribution < 1.29 is 30.0 Å². The summed E-state index contributed by atoms with van der Waals surface area (Å²) < 4.78 is 0. The fourth-order valence-corrected chi connectivity index (χ4v) is 6.54. The van der Waals surface area contributed by atoms with Crippen LogP contribution in [0.15, 0.2) is 36.4 Å². The highest BCUT2D eigenvalue weighted by Gasteiger charge is 2.54. The maximum absolute atomic E-state index is 11.3. The van der Waals surface area contributed by atoms with Crippen LogP contribution in [-0.2, 0) is 0 Å². The quantitative estimate of drug-likeness (QED) is 0.460. The van der Waals surface area contributed by atoms with E-state index in [-0.39, 0.29) is 47.0 Å². The molecule has 4 aliphatic rings. The van der Waals surface area contributed by atoms with Gasteiger partial charge in [-0.1, -0.05) is 0 Å². The van der Waals surface area contributed by atoms with Gasteiger partial charge in [0.1, 0.15) is 22.6 Å². The summed E-state index contributed by atoms with van der Waals surface area (Å²) in [6, 6.07) is 9.95. The number of carboxylic acids is 2. The van der Waals surface area contributed by atoms with Gasteiger partial charge in [-0.15, -0.1) is 0 Å². The molecule has 12 heteroatoms. The molecule has 4 heterocycles. The van der Waals surface area contributed by atoms with Gasteiger partial charge < -0.3 is 30.2 Å². The van der Waals surface area contributed by atoms with Gasteiger partial charge >= 0.3 is 11.9 Å². The Kier molecular flexibility index (Phi) is 5.87. The Morgan fingerprint density at radius 3 is 1.42 bits per heavy atom. The van der Waals surface area contributed by atoms with Crippen LogP contribution in [-0.4, -0.2) is 116 Å². The molecule has 0 aromatic heterocycles. The molecule has 2 aromatic rings. The molecule has 12 nitrogen and oxygen atoms in total. The van der Waals surface area contributed by atoms with E-state index in [0.29, 0.717) is 26.7 Å². The highest BCUT2D eigenvalue weighted by atomic mass is 16.4. The summed E-state index contributed by atoms with van der Waals surface area (Å²) >= 11 is 0. The molecule has 4 atom stereocenters. The number of carboxylic acid groups (broad SMARTS) is 2. The van der Waals surface area contributed by atoms with Crippen LogP contribution in [0.2, 0.25) is 0 Å². The second-order valence-corrected chi connectivity index (χ2v) is 10.8. The molecule has 0 bridgehead atoms. The second-order valence-electron chi connectivity index (χ2n) is 10.8. The number of aromatic carboxylic acids is 2.